The van der Waals surface area contributed by atoms with E-state index in [9.17, 15) is 0 Å². The Bertz CT molecular complexity index is 604. The van der Waals surface area contributed by atoms with Gasteiger partial charge in [-0.1, -0.05) is 38.8 Å². The fourth-order valence-electron chi connectivity index (χ4n) is 1.90. The normalized spacial score (nSPS) is 12.0. The van der Waals surface area contributed by atoms with Crippen molar-refractivity contribution in [2.45, 2.75) is 39.5 Å². The van der Waals surface area contributed by atoms with E-state index in [0.29, 0.717) is 5.55 Å². The van der Waals surface area contributed by atoms with Crippen LogP contribution >= 0.6 is 0 Å². The van der Waals surface area contributed by atoms with Crippen molar-refractivity contribution < 1.29 is 4.42 Å². The summed E-state index contributed by atoms with van der Waals surface area (Å²) in [6.45, 7) is 6.01. The number of aromatic nitrogens is 1. The van der Waals surface area contributed by atoms with E-state index in [-0.39, 0.29) is 0 Å². The van der Waals surface area contributed by atoms with Crippen LogP contribution in [0, 0.1) is 0 Å². The molecular weight excluding hydrogens is 250 g/mol. The first kappa shape index (κ1) is 14.6. The third-order valence-electron chi connectivity index (χ3n) is 3.10. The standard InChI is InChI=1S/C16H23N3O/c1-3-5-11-17-15-16(18-12-6-4-2)20-14-10-8-7-9-13(14)19-15/h7-10H,3-6,11-12H2,1-2H3,(H,17,19). The Morgan fingerprint density at radius 1 is 1.15 bits per heavy atom. The lowest BCUT2D eigenvalue weighted by atomic mass is 10.3. The second-order valence-corrected chi connectivity index (χ2v) is 4.85. The lowest BCUT2D eigenvalue weighted by molar-refractivity contribution is 0.529. The average molecular weight is 273 g/mol. The highest BCUT2D eigenvalue weighted by molar-refractivity contribution is 5.72. The van der Waals surface area contributed by atoms with Crippen LogP contribution in [-0.4, -0.2) is 18.1 Å². The molecule has 0 bridgehead atoms. The van der Waals surface area contributed by atoms with Crippen LogP contribution in [-0.2, 0) is 0 Å². The van der Waals surface area contributed by atoms with E-state index in [0.717, 1.165) is 55.7 Å². The second kappa shape index (κ2) is 7.68. The van der Waals surface area contributed by atoms with Crippen LogP contribution in [0.3, 0.4) is 0 Å². The molecule has 0 aliphatic carbocycles. The Hall–Kier alpha value is -1.84. The summed E-state index contributed by atoms with van der Waals surface area (Å²) >= 11 is 0. The van der Waals surface area contributed by atoms with Crippen molar-refractivity contribution >= 4 is 16.9 Å². The van der Waals surface area contributed by atoms with E-state index in [2.05, 4.69) is 29.1 Å². The van der Waals surface area contributed by atoms with Crippen LogP contribution in [0.2, 0.25) is 0 Å². The van der Waals surface area contributed by atoms with Crippen LogP contribution in [0.4, 0.5) is 5.82 Å². The molecule has 0 fully saturated rings. The number of unbranched alkanes of at least 4 members (excludes halogenated alkanes) is 2. The summed E-state index contributed by atoms with van der Waals surface area (Å²) in [5.74, 6) is 0.758. The van der Waals surface area contributed by atoms with Gasteiger partial charge < -0.3 is 9.73 Å². The van der Waals surface area contributed by atoms with E-state index in [1.54, 1.807) is 0 Å². The van der Waals surface area contributed by atoms with E-state index in [1.807, 2.05) is 24.3 Å². The third kappa shape index (κ3) is 3.83. The largest absolute Gasteiger partial charge is 0.434 e. The van der Waals surface area contributed by atoms with Crippen molar-refractivity contribution in [3.05, 3.63) is 29.8 Å². The maximum atomic E-state index is 5.88. The Balaban J connectivity index is 2.33. The van der Waals surface area contributed by atoms with Crippen LogP contribution in [0.1, 0.15) is 39.5 Å². The number of anilines is 1. The maximum absolute atomic E-state index is 5.88. The molecule has 108 valence electrons. The van der Waals surface area contributed by atoms with Gasteiger partial charge in [0, 0.05) is 13.1 Å². The lowest BCUT2D eigenvalue weighted by Gasteiger charge is -2.06. The van der Waals surface area contributed by atoms with Gasteiger partial charge in [0.05, 0.1) is 0 Å². The number of benzene rings is 1. The molecule has 4 nitrogen and oxygen atoms in total. The molecule has 1 heterocycles. The quantitative estimate of drug-likeness (QED) is 0.782. The summed E-state index contributed by atoms with van der Waals surface area (Å²) < 4.78 is 5.88. The molecule has 0 aliphatic heterocycles. The van der Waals surface area contributed by atoms with Gasteiger partial charge in [-0.15, -0.1) is 0 Å². The summed E-state index contributed by atoms with van der Waals surface area (Å²) in [6.07, 6.45) is 4.46. The molecule has 20 heavy (non-hydrogen) atoms. The predicted octanol–water partition coefficient (Wildman–Crippen LogP) is 3.74. The first-order valence-electron chi connectivity index (χ1n) is 7.49. The predicted molar refractivity (Wildman–Crippen MR) is 82.7 cm³/mol. The van der Waals surface area contributed by atoms with Gasteiger partial charge in [0.25, 0.3) is 5.55 Å². The van der Waals surface area contributed by atoms with Crippen molar-refractivity contribution in [1.29, 1.82) is 0 Å². The highest BCUT2D eigenvalue weighted by atomic mass is 16.3. The fourth-order valence-corrected chi connectivity index (χ4v) is 1.90. The zero-order chi connectivity index (χ0) is 14.2. The number of fused-ring (bicyclic) bond motifs is 1. The molecule has 0 spiro atoms. The van der Waals surface area contributed by atoms with Crippen molar-refractivity contribution in [2.24, 2.45) is 4.99 Å². The van der Waals surface area contributed by atoms with Crippen molar-refractivity contribution in [3.63, 3.8) is 0 Å². The topological polar surface area (TPSA) is 50.4 Å². The molecule has 0 unspecified atom stereocenters. The first-order chi connectivity index (χ1) is 9.85. The third-order valence-corrected chi connectivity index (χ3v) is 3.10. The SMILES string of the molecule is CCCCN=c1oc2ccccc2nc1NCCCC. The fraction of sp³-hybridized carbons (Fsp3) is 0.500. The van der Waals surface area contributed by atoms with Crippen LogP contribution < -0.4 is 10.9 Å². The minimum absolute atomic E-state index is 0.619. The van der Waals surface area contributed by atoms with Gasteiger partial charge in [-0.3, -0.25) is 0 Å². The highest BCUT2D eigenvalue weighted by Gasteiger charge is 2.04. The van der Waals surface area contributed by atoms with Gasteiger partial charge in [-0.25, -0.2) is 9.98 Å². The Labute approximate surface area is 120 Å². The molecule has 0 saturated carbocycles. The Morgan fingerprint density at radius 3 is 2.75 bits per heavy atom. The van der Waals surface area contributed by atoms with Gasteiger partial charge in [0.15, 0.2) is 11.4 Å². The maximum Gasteiger partial charge on any atom is 0.258 e. The molecule has 4 heteroatoms. The number of nitrogens with zero attached hydrogens (tertiary/aromatic N) is 2. The van der Waals surface area contributed by atoms with Crippen molar-refractivity contribution in [3.8, 4) is 0 Å². The van der Waals surface area contributed by atoms with Gasteiger partial charge >= 0.3 is 0 Å². The van der Waals surface area contributed by atoms with Crippen LogP contribution in [0.5, 0.6) is 0 Å². The molecule has 2 aromatic rings. The van der Waals surface area contributed by atoms with Crippen molar-refractivity contribution in [2.75, 3.05) is 18.4 Å². The Kier molecular flexibility index (Phi) is 5.59. The summed E-state index contributed by atoms with van der Waals surface area (Å²) in [4.78, 5) is 9.16. The molecule has 0 aliphatic rings. The van der Waals surface area contributed by atoms with Gasteiger partial charge in [0.2, 0.25) is 0 Å². The van der Waals surface area contributed by atoms with Crippen molar-refractivity contribution in [1.82, 2.24) is 4.98 Å². The zero-order valence-corrected chi connectivity index (χ0v) is 12.4. The molecule has 0 amide bonds. The number of nitrogens with one attached hydrogen (secondary N) is 1. The number of hydrogen-bond donors (Lipinski definition) is 1. The Morgan fingerprint density at radius 2 is 1.95 bits per heavy atom. The monoisotopic (exact) mass is 273 g/mol. The second-order valence-electron chi connectivity index (χ2n) is 4.85. The number of hydrogen-bond acceptors (Lipinski definition) is 4. The minimum Gasteiger partial charge on any atom is -0.434 e. The first-order valence-corrected chi connectivity index (χ1v) is 7.49. The van der Waals surface area contributed by atoms with E-state index < -0.39 is 0 Å². The van der Waals surface area contributed by atoms with Crippen LogP contribution in [0.25, 0.3) is 11.1 Å². The van der Waals surface area contributed by atoms with Gasteiger partial charge in [0.1, 0.15) is 5.52 Å². The summed E-state index contributed by atoms with van der Waals surface area (Å²) in [7, 11) is 0. The molecule has 0 atom stereocenters. The van der Waals surface area contributed by atoms with Gasteiger partial charge in [-0.2, -0.15) is 0 Å². The van der Waals surface area contributed by atoms with E-state index in [1.165, 1.54) is 0 Å². The van der Waals surface area contributed by atoms with E-state index >= 15 is 0 Å². The summed E-state index contributed by atoms with van der Waals surface area (Å²) in [5, 5.41) is 3.33. The molecule has 1 aromatic carbocycles. The van der Waals surface area contributed by atoms with Crippen LogP contribution in [0.15, 0.2) is 33.7 Å². The number of rotatable bonds is 7. The highest BCUT2D eigenvalue weighted by Crippen LogP contribution is 2.11. The summed E-state index contributed by atoms with van der Waals surface area (Å²) in [6, 6.07) is 7.80. The van der Waals surface area contributed by atoms with Gasteiger partial charge in [-0.05, 0) is 25.0 Å². The molecule has 2 rings (SSSR count). The summed E-state index contributed by atoms with van der Waals surface area (Å²) in [5.41, 5.74) is 2.26. The molecule has 0 saturated heterocycles. The zero-order valence-electron chi connectivity index (χ0n) is 12.4. The molecule has 0 radical (unpaired) electrons. The lowest BCUT2D eigenvalue weighted by Crippen LogP contribution is -2.15. The smallest absolute Gasteiger partial charge is 0.258 e. The number of para-hydroxylation sites is 2. The minimum atomic E-state index is 0.619. The molecule has 1 N–H and O–H groups in total. The molecular formula is C16H23N3O. The molecule has 1 aromatic heterocycles. The van der Waals surface area contributed by atoms with E-state index in [4.69, 9.17) is 4.42 Å². The average Bonchev–Trinajstić information content (AvgIpc) is 2.48.